The maximum absolute atomic E-state index is 11.0. The number of aryl methyl sites for hydroxylation is 1. The Balaban J connectivity index is 1.28. The van der Waals surface area contributed by atoms with Crippen LogP contribution in [0.2, 0.25) is 5.02 Å². The minimum atomic E-state index is -0.850. The van der Waals surface area contributed by atoms with Gasteiger partial charge in [0.05, 0.1) is 12.6 Å². The smallest absolute Gasteiger partial charge is 0.338 e. The molecule has 0 spiro atoms. The third kappa shape index (κ3) is 7.05. The van der Waals surface area contributed by atoms with E-state index in [1.54, 1.807) is 0 Å². The van der Waals surface area contributed by atoms with Crippen molar-refractivity contribution >= 4 is 17.6 Å². The lowest BCUT2D eigenvalue weighted by molar-refractivity contribution is -0.0470. The lowest BCUT2D eigenvalue weighted by Gasteiger charge is -2.40. The predicted molar refractivity (Wildman–Crippen MR) is 139 cm³/mol. The number of carbonyl (C=O) groups excluding carboxylic acids is 1. The van der Waals surface area contributed by atoms with Crippen molar-refractivity contribution in [2.75, 3.05) is 32.7 Å². The summed E-state index contributed by atoms with van der Waals surface area (Å²) in [5.74, 6) is 0. The van der Waals surface area contributed by atoms with Gasteiger partial charge in [0.25, 0.3) is 0 Å². The van der Waals surface area contributed by atoms with E-state index in [1.165, 1.54) is 16.7 Å². The molecule has 1 saturated heterocycles. The molecule has 7 heteroatoms. The normalized spacial score (nSPS) is 15.6. The first-order valence-electron chi connectivity index (χ1n) is 12.1. The van der Waals surface area contributed by atoms with E-state index in [0.29, 0.717) is 5.06 Å². The molecule has 4 rings (SSSR count). The molecule has 2 amide bonds. The SMILES string of the molecule is NC(=O)N(O)Cc1ccc(CCCN2CCN(C(c3ccccc3)c3ccc(Cl)cc3)CC2)cc1. The van der Waals surface area contributed by atoms with Crippen molar-refractivity contribution in [3.05, 3.63) is 106 Å². The van der Waals surface area contributed by atoms with Crippen LogP contribution in [0.15, 0.2) is 78.9 Å². The molecule has 0 aliphatic carbocycles. The van der Waals surface area contributed by atoms with Crippen LogP contribution in [0.25, 0.3) is 0 Å². The van der Waals surface area contributed by atoms with Gasteiger partial charge >= 0.3 is 6.03 Å². The number of hydrogen-bond donors (Lipinski definition) is 2. The van der Waals surface area contributed by atoms with Crippen LogP contribution in [0.4, 0.5) is 4.79 Å². The topological polar surface area (TPSA) is 73.0 Å². The largest absolute Gasteiger partial charge is 0.350 e. The van der Waals surface area contributed by atoms with Crippen molar-refractivity contribution in [2.45, 2.75) is 25.4 Å². The molecule has 0 saturated carbocycles. The average molecular weight is 493 g/mol. The predicted octanol–water partition coefficient (Wildman–Crippen LogP) is 4.95. The molecule has 3 aromatic rings. The van der Waals surface area contributed by atoms with Crippen LogP contribution < -0.4 is 5.73 Å². The molecular weight excluding hydrogens is 460 g/mol. The van der Waals surface area contributed by atoms with Gasteiger partial charge in [-0.15, -0.1) is 0 Å². The van der Waals surface area contributed by atoms with Crippen LogP contribution in [0.1, 0.15) is 34.7 Å². The minimum Gasteiger partial charge on any atom is -0.350 e. The van der Waals surface area contributed by atoms with E-state index in [1.807, 2.05) is 24.3 Å². The Hall–Kier alpha value is -2.90. The van der Waals surface area contributed by atoms with Crippen LogP contribution in [0, 0.1) is 0 Å². The van der Waals surface area contributed by atoms with E-state index < -0.39 is 6.03 Å². The maximum Gasteiger partial charge on any atom is 0.338 e. The van der Waals surface area contributed by atoms with Crippen molar-refractivity contribution in [3.8, 4) is 0 Å². The van der Waals surface area contributed by atoms with Crippen LogP contribution in [0.3, 0.4) is 0 Å². The summed E-state index contributed by atoms with van der Waals surface area (Å²) >= 11 is 6.15. The molecule has 1 atom stereocenters. The number of primary amides is 1. The van der Waals surface area contributed by atoms with Crippen molar-refractivity contribution in [1.82, 2.24) is 14.9 Å². The van der Waals surface area contributed by atoms with Crippen molar-refractivity contribution in [1.29, 1.82) is 0 Å². The summed E-state index contributed by atoms with van der Waals surface area (Å²) < 4.78 is 0. The van der Waals surface area contributed by atoms with Gasteiger partial charge in [-0.05, 0) is 53.8 Å². The summed E-state index contributed by atoms with van der Waals surface area (Å²) in [5, 5.41) is 10.8. The average Bonchev–Trinajstić information content (AvgIpc) is 2.88. The van der Waals surface area contributed by atoms with Crippen molar-refractivity contribution in [2.24, 2.45) is 5.73 Å². The first-order valence-corrected chi connectivity index (χ1v) is 12.5. The van der Waals surface area contributed by atoms with E-state index >= 15 is 0 Å². The van der Waals surface area contributed by atoms with E-state index in [-0.39, 0.29) is 12.6 Å². The summed E-state index contributed by atoms with van der Waals surface area (Å²) in [6.45, 7) is 5.31. The third-order valence-electron chi connectivity index (χ3n) is 6.62. The van der Waals surface area contributed by atoms with E-state index in [0.717, 1.165) is 56.2 Å². The second kappa shape index (κ2) is 12.2. The first kappa shape index (κ1) is 25.2. The molecule has 1 unspecified atom stereocenters. The Labute approximate surface area is 212 Å². The highest BCUT2D eigenvalue weighted by Crippen LogP contribution is 2.30. The summed E-state index contributed by atoms with van der Waals surface area (Å²) in [7, 11) is 0. The van der Waals surface area contributed by atoms with Gasteiger partial charge in [0.2, 0.25) is 0 Å². The fourth-order valence-electron chi connectivity index (χ4n) is 4.71. The Bertz CT molecular complexity index is 1070. The molecule has 0 radical (unpaired) electrons. The minimum absolute atomic E-state index is 0.0971. The highest BCUT2D eigenvalue weighted by atomic mass is 35.5. The van der Waals surface area contributed by atoms with Gasteiger partial charge in [0.15, 0.2) is 0 Å². The summed E-state index contributed by atoms with van der Waals surface area (Å²) in [5.41, 5.74) is 9.75. The molecule has 3 aromatic carbocycles. The highest BCUT2D eigenvalue weighted by molar-refractivity contribution is 6.30. The highest BCUT2D eigenvalue weighted by Gasteiger charge is 2.26. The Morgan fingerprint density at radius 1 is 0.886 bits per heavy atom. The molecule has 3 N–H and O–H groups in total. The van der Waals surface area contributed by atoms with Gasteiger partial charge in [-0.2, -0.15) is 0 Å². The number of carbonyl (C=O) groups is 1. The van der Waals surface area contributed by atoms with Crippen molar-refractivity contribution < 1.29 is 10.0 Å². The number of urea groups is 1. The molecular formula is C28H33ClN4O2. The number of hydrogen-bond acceptors (Lipinski definition) is 4. The first-order chi connectivity index (χ1) is 17.0. The van der Waals surface area contributed by atoms with E-state index in [2.05, 4.69) is 64.4 Å². The quantitative estimate of drug-likeness (QED) is 0.327. The molecule has 6 nitrogen and oxygen atoms in total. The number of benzene rings is 3. The molecule has 0 bridgehead atoms. The number of nitrogens with zero attached hydrogens (tertiary/aromatic N) is 3. The zero-order valence-electron chi connectivity index (χ0n) is 19.9. The fraction of sp³-hybridized carbons (Fsp3) is 0.321. The van der Waals surface area contributed by atoms with Crippen molar-refractivity contribution in [3.63, 3.8) is 0 Å². The Morgan fingerprint density at radius 2 is 1.49 bits per heavy atom. The lowest BCUT2D eigenvalue weighted by Crippen LogP contribution is -2.48. The van der Waals surface area contributed by atoms with Crippen LogP contribution >= 0.6 is 11.6 Å². The molecule has 1 heterocycles. The Morgan fingerprint density at radius 3 is 2.11 bits per heavy atom. The van der Waals surface area contributed by atoms with Gasteiger partial charge in [-0.25, -0.2) is 9.86 Å². The van der Waals surface area contributed by atoms with Gasteiger partial charge in [-0.3, -0.25) is 10.1 Å². The molecule has 0 aromatic heterocycles. The Kier molecular flexibility index (Phi) is 8.77. The van der Waals surface area contributed by atoms with Crippen LogP contribution in [-0.4, -0.2) is 58.8 Å². The summed E-state index contributed by atoms with van der Waals surface area (Å²) in [6.07, 6.45) is 2.09. The van der Waals surface area contributed by atoms with Gasteiger partial charge in [0.1, 0.15) is 0 Å². The second-order valence-electron chi connectivity index (χ2n) is 9.06. The summed E-state index contributed by atoms with van der Waals surface area (Å²) in [6, 6.07) is 26.3. The zero-order chi connectivity index (χ0) is 24.6. The van der Waals surface area contributed by atoms with Gasteiger partial charge < -0.3 is 10.6 Å². The van der Waals surface area contributed by atoms with Gasteiger partial charge in [0, 0.05) is 31.2 Å². The van der Waals surface area contributed by atoms with Gasteiger partial charge in [-0.1, -0.05) is 78.3 Å². The standard InChI is InChI=1S/C28H33ClN4O2/c29-26-14-12-25(13-15-26)27(24-6-2-1-3-7-24)32-19-17-31(18-20-32)16-4-5-22-8-10-23(11-9-22)21-33(35)28(30)34/h1-3,6-15,27,35H,4-5,16-21H2,(H2,30,34). The number of hydroxylamine groups is 2. The monoisotopic (exact) mass is 492 g/mol. The number of halogens is 1. The molecule has 1 aliphatic rings. The number of rotatable bonds is 9. The maximum atomic E-state index is 11.0. The second-order valence-corrected chi connectivity index (χ2v) is 9.49. The zero-order valence-corrected chi connectivity index (χ0v) is 20.6. The van der Waals surface area contributed by atoms with E-state index in [9.17, 15) is 10.0 Å². The molecule has 35 heavy (non-hydrogen) atoms. The molecule has 184 valence electrons. The lowest BCUT2D eigenvalue weighted by atomic mass is 9.96. The molecule has 1 aliphatic heterocycles. The number of piperazine rings is 1. The van der Waals surface area contributed by atoms with Crippen LogP contribution in [-0.2, 0) is 13.0 Å². The van der Waals surface area contributed by atoms with E-state index in [4.69, 9.17) is 17.3 Å². The fourth-order valence-corrected chi connectivity index (χ4v) is 4.83. The summed E-state index contributed by atoms with van der Waals surface area (Å²) in [4.78, 5) is 16.1. The third-order valence-corrected chi connectivity index (χ3v) is 6.87. The number of nitrogens with two attached hydrogens (primary N) is 1. The molecule has 1 fully saturated rings. The number of amides is 2. The van der Waals surface area contributed by atoms with Crippen LogP contribution in [0.5, 0.6) is 0 Å².